The molecule has 1 aromatic heterocycles. The lowest BCUT2D eigenvalue weighted by Crippen LogP contribution is -2.32. The number of benzene rings is 2. The molecule has 4 rings (SSSR count). The van der Waals surface area contributed by atoms with Gasteiger partial charge >= 0.3 is 0 Å². The molecule has 29 heavy (non-hydrogen) atoms. The summed E-state index contributed by atoms with van der Waals surface area (Å²) in [5.41, 5.74) is 3.50. The van der Waals surface area contributed by atoms with Crippen LogP contribution in [0.1, 0.15) is 11.1 Å². The Hall–Kier alpha value is -3.07. The Balaban J connectivity index is 1.73. The van der Waals surface area contributed by atoms with Crippen LogP contribution in [0.4, 0.5) is 11.5 Å². The Morgan fingerprint density at radius 1 is 1.10 bits per heavy atom. The van der Waals surface area contributed by atoms with Crippen LogP contribution >= 0.6 is 0 Å². The summed E-state index contributed by atoms with van der Waals surface area (Å²) >= 11 is 0. The van der Waals surface area contributed by atoms with E-state index in [0.717, 1.165) is 34.1 Å². The number of sulfonamides is 1. The summed E-state index contributed by atoms with van der Waals surface area (Å²) in [6, 6.07) is 9.41. The van der Waals surface area contributed by atoms with Crippen LogP contribution in [0.15, 0.2) is 36.7 Å². The van der Waals surface area contributed by atoms with Gasteiger partial charge in [-0.25, -0.2) is 18.4 Å². The van der Waals surface area contributed by atoms with Gasteiger partial charge in [-0.15, -0.1) is 0 Å². The summed E-state index contributed by atoms with van der Waals surface area (Å²) < 4.78 is 36.8. The van der Waals surface area contributed by atoms with E-state index in [-0.39, 0.29) is 0 Å². The third-order valence-electron chi connectivity index (χ3n) is 4.98. The van der Waals surface area contributed by atoms with Gasteiger partial charge in [-0.2, -0.15) is 0 Å². The highest BCUT2D eigenvalue weighted by Gasteiger charge is 2.23. The second kappa shape index (κ2) is 7.40. The summed E-state index contributed by atoms with van der Waals surface area (Å²) in [6.07, 6.45) is 3.41. The number of hydrogen-bond acceptors (Lipinski definition) is 7. The molecule has 0 atom stereocenters. The first kappa shape index (κ1) is 19.3. The van der Waals surface area contributed by atoms with E-state index in [1.54, 1.807) is 26.6 Å². The number of ether oxygens (including phenoxy) is 2. The summed E-state index contributed by atoms with van der Waals surface area (Å²) in [7, 11) is -0.139. The number of aromatic nitrogens is 2. The molecule has 0 amide bonds. The molecule has 9 heteroatoms. The van der Waals surface area contributed by atoms with Crippen molar-refractivity contribution in [3.8, 4) is 11.5 Å². The molecule has 0 bridgehead atoms. The molecule has 0 unspecified atom stereocenters. The molecule has 2 aromatic carbocycles. The average Bonchev–Trinajstić information content (AvgIpc) is 2.71. The molecule has 1 aliphatic heterocycles. The van der Waals surface area contributed by atoms with Crippen molar-refractivity contribution < 1.29 is 17.9 Å². The van der Waals surface area contributed by atoms with Gasteiger partial charge in [0.2, 0.25) is 10.0 Å². The van der Waals surface area contributed by atoms with Crippen molar-refractivity contribution in [1.82, 2.24) is 9.97 Å². The highest BCUT2D eigenvalue weighted by atomic mass is 32.2. The Bertz CT molecular complexity index is 1180. The third-order valence-corrected chi connectivity index (χ3v) is 5.57. The fourth-order valence-electron chi connectivity index (χ4n) is 3.71. The van der Waals surface area contributed by atoms with Crippen molar-refractivity contribution in [3.63, 3.8) is 0 Å². The smallest absolute Gasteiger partial charge is 0.229 e. The maximum Gasteiger partial charge on any atom is 0.229 e. The normalized spacial score (nSPS) is 13.8. The lowest BCUT2D eigenvalue weighted by molar-refractivity contribution is 0.356. The van der Waals surface area contributed by atoms with Crippen molar-refractivity contribution in [3.05, 3.63) is 47.8 Å². The molecular weight excluding hydrogens is 392 g/mol. The van der Waals surface area contributed by atoms with E-state index in [9.17, 15) is 8.42 Å². The number of methoxy groups -OCH3 is 2. The zero-order chi connectivity index (χ0) is 20.6. The molecule has 0 spiro atoms. The monoisotopic (exact) mass is 414 g/mol. The molecule has 0 fully saturated rings. The summed E-state index contributed by atoms with van der Waals surface area (Å²) in [5, 5.41) is 0.874. The molecule has 0 saturated carbocycles. The number of nitrogens with one attached hydrogen (secondary N) is 1. The Morgan fingerprint density at radius 2 is 1.86 bits per heavy atom. The van der Waals surface area contributed by atoms with Gasteiger partial charge in [0.15, 0.2) is 11.5 Å². The quantitative estimate of drug-likeness (QED) is 0.686. The van der Waals surface area contributed by atoms with Gasteiger partial charge < -0.3 is 14.4 Å². The highest BCUT2D eigenvalue weighted by molar-refractivity contribution is 7.92. The van der Waals surface area contributed by atoms with Crippen molar-refractivity contribution in [1.29, 1.82) is 0 Å². The summed E-state index contributed by atoms with van der Waals surface area (Å²) in [5.74, 6) is 2.04. The first-order valence-corrected chi connectivity index (χ1v) is 11.0. The molecule has 8 nitrogen and oxygen atoms in total. The van der Waals surface area contributed by atoms with Crippen molar-refractivity contribution >= 4 is 32.4 Å². The minimum absolute atomic E-state index is 0.616. The van der Waals surface area contributed by atoms with Gasteiger partial charge in [0.1, 0.15) is 12.1 Å². The molecule has 0 saturated heterocycles. The number of anilines is 2. The lowest BCUT2D eigenvalue weighted by atomic mass is 9.98. The predicted molar refractivity (Wildman–Crippen MR) is 112 cm³/mol. The van der Waals surface area contributed by atoms with Crippen LogP contribution in [0.5, 0.6) is 11.5 Å². The average molecular weight is 414 g/mol. The van der Waals surface area contributed by atoms with E-state index in [1.165, 1.54) is 0 Å². The van der Waals surface area contributed by atoms with Crippen LogP contribution in [0, 0.1) is 0 Å². The number of hydrogen-bond donors (Lipinski definition) is 1. The first-order chi connectivity index (χ1) is 13.9. The van der Waals surface area contributed by atoms with Crippen LogP contribution < -0.4 is 19.1 Å². The second-order valence-electron chi connectivity index (χ2n) is 6.91. The van der Waals surface area contributed by atoms with Gasteiger partial charge in [0, 0.05) is 24.5 Å². The van der Waals surface area contributed by atoms with Crippen LogP contribution in [0.2, 0.25) is 0 Å². The minimum Gasteiger partial charge on any atom is -0.493 e. The van der Waals surface area contributed by atoms with E-state index in [0.29, 0.717) is 36.7 Å². The predicted octanol–water partition coefficient (Wildman–Crippen LogP) is 2.58. The van der Waals surface area contributed by atoms with Crippen LogP contribution in [0.25, 0.3) is 10.9 Å². The Kier molecular flexibility index (Phi) is 4.91. The topological polar surface area (TPSA) is 93.7 Å². The number of nitrogens with zero attached hydrogens (tertiary/aromatic N) is 3. The molecule has 0 radical (unpaired) electrons. The van der Waals surface area contributed by atoms with Gasteiger partial charge in [0.25, 0.3) is 0 Å². The van der Waals surface area contributed by atoms with E-state index in [1.807, 2.05) is 24.3 Å². The van der Waals surface area contributed by atoms with Gasteiger partial charge in [-0.1, -0.05) is 12.1 Å². The first-order valence-electron chi connectivity index (χ1n) is 9.10. The maximum absolute atomic E-state index is 11.7. The van der Waals surface area contributed by atoms with Gasteiger partial charge in [-0.05, 0) is 29.7 Å². The molecule has 1 aliphatic rings. The van der Waals surface area contributed by atoms with E-state index in [4.69, 9.17) is 9.47 Å². The van der Waals surface area contributed by atoms with Gasteiger partial charge in [-0.3, -0.25) is 4.72 Å². The standard InChI is InChI=1S/C20H22N4O4S/c1-27-18-9-15-17(10-19(18)28-2)21-12-22-20(15)24-8-7-14-13(11-24)5-4-6-16(14)23-29(3,25)26/h4-6,9-10,12,23H,7-8,11H2,1-3H3. The molecule has 0 aliphatic carbocycles. The van der Waals surface area contributed by atoms with Crippen molar-refractivity contribution in [2.75, 3.05) is 36.6 Å². The summed E-state index contributed by atoms with van der Waals surface area (Å²) in [6.45, 7) is 1.32. The fraction of sp³-hybridized carbons (Fsp3) is 0.300. The second-order valence-corrected chi connectivity index (χ2v) is 8.66. The molecule has 1 N–H and O–H groups in total. The maximum atomic E-state index is 11.7. The fourth-order valence-corrected chi connectivity index (χ4v) is 4.30. The van der Waals surface area contributed by atoms with E-state index < -0.39 is 10.0 Å². The zero-order valence-corrected chi connectivity index (χ0v) is 17.3. The van der Waals surface area contributed by atoms with E-state index in [2.05, 4.69) is 19.6 Å². The Labute approximate surface area is 169 Å². The van der Waals surface area contributed by atoms with Crippen molar-refractivity contribution in [2.45, 2.75) is 13.0 Å². The zero-order valence-electron chi connectivity index (χ0n) is 16.5. The van der Waals surface area contributed by atoms with Gasteiger partial charge in [0.05, 0.1) is 31.7 Å². The number of fused-ring (bicyclic) bond motifs is 2. The highest BCUT2D eigenvalue weighted by Crippen LogP contribution is 2.36. The largest absolute Gasteiger partial charge is 0.493 e. The lowest BCUT2D eigenvalue weighted by Gasteiger charge is -2.31. The third kappa shape index (κ3) is 3.77. The van der Waals surface area contributed by atoms with Crippen LogP contribution in [-0.2, 0) is 23.0 Å². The summed E-state index contributed by atoms with van der Waals surface area (Å²) in [4.78, 5) is 11.1. The molecule has 152 valence electrons. The SMILES string of the molecule is COc1cc2ncnc(N3CCc4c(cccc4NS(C)(=O)=O)C3)c2cc1OC. The molecular formula is C20H22N4O4S. The Morgan fingerprint density at radius 3 is 2.59 bits per heavy atom. The van der Waals surface area contributed by atoms with Crippen LogP contribution in [-0.4, -0.2) is 45.4 Å². The molecule has 3 aromatic rings. The van der Waals surface area contributed by atoms with E-state index >= 15 is 0 Å². The minimum atomic E-state index is -3.33. The number of rotatable bonds is 5. The van der Waals surface area contributed by atoms with Crippen molar-refractivity contribution in [2.24, 2.45) is 0 Å². The van der Waals surface area contributed by atoms with Crippen LogP contribution in [0.3, 0.4) is 0 Å². The molecule has 2 heterocycles.